The van der Waals surface area contributed by atoms with Gasteiger partial charge in [-0.1, -0.05) is 23.7 Å². The van der Waals surface area contributed by atoms with Gasteiger partial charge in [0, 0.05) is 25.6 Å². The first-order valence-corrected chi connectivity index (χ1v) is 6.84. The number of benzene rings is 1. The third kappa shape index (κ3) is 3.85. The minimum Gasteiger partial charge on any atom is -0.491 e. The normalized spacial score (nSPS) is 18.6. The number of carbonyl (C=O) groups excluding carboxylic acids is 1. The molecule has 19 heavy (non-hydrogen) atoms. The van der Waals surface area contributed by atoms with Crippen molar-refractivity contribution in [2.75, 3.05) is 26.3 Å². The molecule has 1 aliphatic heterocycles. The van der Waals surface area contributed by atoms with Crippen LogP contribution in [-0.2, 0) is 4.79 Å². The van der Waals surface area contributed by atoms with Crippen molar-refractivity contribution in [3.8, 4) is 5.75 Å². The van der Waals surface area contributed by atoms with E-state index in [2.05, 4.69) is 0 Å². The van der Waals surface area contributed by atoms with Crippen LogP contribution in [0, 0.1) is 5.92 Å². The quantitative estimate of drug-likeness (QED) is 0.899. The van der Waals surface area contributed by atoms with Crippen LogP contribution in [0.1, 0.15) is 12.8 Å². The first-order chi connectivity index (χ1) is 9.20. The molecule has 0 saturated carbocycles. The minimum absolute atomic E-state index is 0.0722. The molecular formula is C14H18ClNO3. The van der Waals surface area contributed by atoms with Crippen LogP contribution >= 0.6 is 11.6 Å². The molecule has 1 aliphatic rings. The van der Waals surface area contributed by atoms with E-state index in [0.29, 0.717) is 30.3 Å². The van der Waals surface area contributed by atoms with Crippen molar-refractivity contribution in [2.45, 2.75) is 12.8 Å². The summed E-state index contributed by atoms with van der Waals surface area (Å²) in [6.07, 6.45) is 1.22. The molecule has 5 heteroatoms. The molecule has 1 amide bonds. The number of likely N-dealkylation sites (tertiary alicyclic amines) is 1. The van der Waals surface area contributed by atoms with Crippen LogP contribution in [0.4, 0.5) is 0 Å². The molecule has 1 aromatic rings. The zero-order chi connectivity index (χ0) is 13.7. The third-order valence-electron chi connectivity index (χ3n) is 3.31. The number of carbonyl (C=O) groups is 1. The van der Waals surface area contributed by atoms with Crippen molar-refractivity contribution in [2.24, 2.45) is 5.92 Å². The lowest BCUT2D eigenvalue weighted by Crippen LogP contribution is -2.30. The van der Waals surface area contributed by atoms with E-state index in [-0.39, 0.29) is 18.4 Å². The Morgan fingerprint density at radius 3 is 2.95 bits per heavy atom. The summed E-state index contributed by atoms with van der Waals surface area (Å²) in [7, 11) is 0. The van der Waals surface area contributed by atoms with Gasteiger partial charge in [-0.05, 0) is 18.6 Å². The van der Waals surface area contributed by atoms with Crippen LogP contribution in [0.5, 0.6) is 5.75 Å². The second-order valence-electron chi connectivity index (χ2n) is 4.71. The molecule has 0 bridgehead atoms. The summed E-state index contributed by atoms with van der Waals surface area (Å²) in [5.41, 5.74) is 0. The molecule has 4 nitrogen and oxygen atoms in total. The monoisotopic (exact) mass is 283 g/mol. The molecule has 1 fully saturated rings. The van der Waals surface area contributed by atoms with Gasteiger partial charge in [-0.25, -0.2) is 0 Å². The average Bonchev–Trinajstić information content (AvgIpc) is 2.90. The highest BCUT2D eigenvalue weighted by molar-refractivity contribution is 6.32. The standard InChI is InChI=1S/C14H18ClNO3/c15-12-3-1-2-4-13(12)19-8-6-14(18)16-7-5-11(9-16)10-17/h1-4,11,17H,5-10H2. The molecule has 1 atom stereocenters. The van der Waals surface area contributed by atoms with Crippen molar-refractivity contribution >= 4 is 17.5 Å². The lowest BCUT2D eigenvalue weighted by Gasteiger charge is -2.16. The van der Waals surface area contributed by atoms with Gasteiger partial charge in [-0.3, -0.25) is 4.79 Å². The Balaban J connectivity index is 1.74. The fourth-order valence-corrected chi connectivity index (χ4v) is 2.37. The summed E-state index contributed by atoms with van der Waals surface area (Å²) in [6.45, 7) is 1.86. The Morgan fingerprint density at radius 1 is 1.47 bits per heavy atom. The Kier molecular flexibility index (Phi) is 5.05. The topological polar surface area (TPSA) is 49.8 Å². The average molecular weight is 284 g/mol. The van der Waals surface area contributed by atoms with Crippen molar-refractivity contribution in [3.63, 3.8) is 0 Å². The van der Waals surface area contributed by atoms with Crippen LogP contribution in [0.2, 0.25) is 5.02 Å². The number of aliphatic hydroxyl groups excluding tert-OH is 1. The Hall–Kier alpha value is -1.26. The predicted octanol–water partition coefficient (Wildman–Crippen LogP) is 1.95. The summed E-state index contributed by atoms with van der Waals surface area (Å²) in [5, 5.41) is 9.60. The number of aliphatic hydroxyl groups is 1. The number of para-hydroxylation sites is 1. The van der Waals surface area contributed by atoms with Gasteiger partial charge in [0.15, 0.2) is 0 Å². The van der Waals surface area contributed by atoms with Crippen LogP contribution in [0.15, 0.2) is 24.3 Å². The van der Waals surface area contributed by atoms with Crippen LogP contribution in [0.3, 0.4) is 0 Å². The van der Waals surface area contributed by atoms with Gasteiger partial charge < -0.3 is 14.7 Å². The molecule has 1 saturated heterocycles. The number of amides is 1. The maximum atomic E-state index is 11.9. The van der Waals surface area contributed by atoms with Gasteiger partial charge in [0.25, 0.3) is 0 Å². The summed E-state index contributed by atoms with van der Waals surface area (Å²) in [6, 6.07) is 7.21. The first-order valence-electron chi connectivity index (χ1n) is 6.46. The highest BCUT2D eigenvalue weighted by atomic mass is 35.5. The largest absolute Gasteiger partial charge is 0.491 e. The van der Waals surface area contributed by atoms with Gasteiger partial charge in [-0.15, -0.1) is 0 Å². The predicted molar refractivity (Wildman–Crippen MR) is 73.3 cm³/mol. The molecule has 1 unspecified atom stereocenters. The fraction of sp³-hybridized carbons (Fsp3) is 0.500. The van der Waals surface area contributed by atoms with Crippen molar-refractivity contribution in [1.82, 2.24) is 4.90 Å². The van der Waals surface area contributed by atoms with E-state index in [4.69, 9.17) is 21.4 Å². The number of rotatable bonds is 5. The minimum atomic E-state index is 0.0722. The number of nitrogens with zero attached hydrogens (tertiary/aromatic N) is 1. The SMILES string of the molecule is O=C(CCOc1ccccc1Cl)N1CCC(CO)C1. The van der Waals surface area contributed by atoms with E-state index in [9.17, 15) is 4.79 Å². The Morgan fingerprint density at radius 2 is 2.26 bits per heavy atom. The van der Waals surface area contributed by atoms with Gasteiger partial charge in [0.2, 0.25) is 5.91 Å². The maximum Gasteiger partial charge on any atom is 0.226 e. The molecular weight excluding hydrogens is 266 g/mol. The van der Waals surface area contributed by atoms with Crippen LogP contribution < -0.4 is 4.74 Å². The van der Waals surface area contributed by atoms with Crippen molar-refractivity contribution in [3.05, 3.63) is 29.3 Å². The molecule has 0 radical (unpaired) electrons. The summed E-state index contributed by atoms with van der Waals surface area (Å²) >= 11 is 5.96. The van der Waals surface area contributed by atoms with E-state index in [1.54, 1.807) is 17.0 Å². The lowest BCUT2D eigenvalue weighted by atomic mass is 10.1. The van der Waals surface area contributed by atoms with E-state index >= 15 is 0 Å². The number of halogens is 1. The summed E-state index contributed by atoms with van der Waals surface area (Å²) in [5.74, 6) is 0.906. The molecule has 104 valence electrons. The van der Waals surface area contributed by atoms with Crippen LogP contribution in [0.25, 0.3) is 0 Å². The zero-order valence-corrected chi connectivity index (χ0v) is 11.5. The second kappa shape index (κ2) is 6.78. The number of hydrogen-bond donors (Lipinski definition) is 1. The van der Waals surface area contributed by atoms with Crippen molar-refractivity contribution < 1.29 is 14.6 Å². The smallest absolute Gasteiger partial charge is 0.226 e. The molecule has 0 spiro atoms. The highest BCUT2D eigenvalue weighted by Crippen LogP contribution is 2.23. The summed E-state index contributed by atoms with van der Waals surface area (Å²) in [4.78, 5) is 13.7. The fourth-order valence-electron chi connectivity index (χ4n) is 2.18. The van der Waals surface area contributed by atoms with Crippen LogP contribution in [-0.4, -0.2) is 42.2 Å². The highest BCUT2D eigenvalue weighted by Gasteiger charge is 2.25. The Labute approximate surface area is 117 Å². The third-order valence-corrected chi connectivity index (χ3v) is 3.62. The molecule has 1 aromatic carbocycles. The number of hydrogen-bond acceptors (Lipinski definition) is 3. The summed E-state index contributed by atoms with van der Waals surface area (Å²) < 4.78 is 5.49. The van der Waals surface area contributed by atoms with Gasteiger partial charge in [-0.2, -0.15) is 0 Å². The van der Waals surface area contributed by atoms with Crippen molar-refractivity contribution in [1.29, 1.82) is 0 Å². The van der Waals surface area contributed by atoms with E-state index in [1.807, 2.05) is 12.1 Å². The molecule has 1 heterocycles. The maximum absolute atomic E-state index is 11.9. The Bertz CT molecular complexity index is 438. The molecule has 0 aromatic heterocycles. The van der Waals surface area contributed by atoms with E-state index in [0.717, 1.165) is 13.0 Å². The molecule has 0 aliphatic carbocycles. The zero-order valence-electron chi connectivity index (χ0n) is 10.7. The lowest BCUT2D eigenvalue weighted by molar-refractivity contribution is -0.130. The second-order valence-corrected chi connectivity index (χ2v) is 5.11. The van der Waals surface area contributed by atoms with Gasteiger partial charge >= 0.3 is 0 Å². The molecule has 2 rings (SSSR count). The number of ether oxygens (including phenoxy) is 1. The van der Waals surface area contributed by atoms with E-state index < -0.39 is 0 Å². The van der Waals surface area contributed by atoms with E-state index in [1.165, 1.54) is 0 Å². The molecule has 1 N–H and O–H groups in total. The van der Waals surface area contributed by atoms with Gasteiger partial charge in [0.05, 0.1) is 18.1 Å². The first kappa shape index (κ1) is 14.2. The van der Waals surface area contributed by atoms with Gasteiger partial charge in [0.1, 0.15) is 5.75 Å².